The molecule has 0 unspecified atom stereocenters. The van der Waals surface area contributed by atoms with Gasteiger partial charge in [-0.2, -0.15) is 0 Å². The van der Waals surface area contributed by atoms with E-state index in [1.807, 2.05) is 22.8 Å². The molecule has 3 heterocycles. The molecule has 192 valence electrons. The van der Waals surface area contributed by atoms with Gasteiger partial charge in [0.05, 0.1) is 18.8 Å². The van der Waals surface area contributed by atoms with Gasteiger partial charge in [-0.05, 0) is 77.1 Å². The number of halogens is 2. The number of aromatic nitrogens is 4. The highest BCUT2D eigenvalue weighted by atomic mass is 35.5. The van der Waals surface area contributed by atoms with Gasteiger partial charge in [-0.15, -0.1) is 15.3 Å². The molecule has 0 N–H and O–H groups in total. The lowest BCUT2D eigenvalue weighted by Crippen LogP contribution is -2.31. The molecular weight excluding hydrogens is 489 g/mol. The van der Waals surface area contributed by atoms with Crippen molar-refractivity contribution in [2.24, 2.45) is 0 Å². The highest BCUT2D eigenvalue weighted by molar-refractivity contribution is 6.30. The second-order valence-corrected chi connectivity index (χ2v) is 10.9. The zero-order chi connectivity index (χ0) is 25.6. The third-order valence-electron chi connectivity index (χ3n) is 6.59. The minimum absolute atomic E-state index is 0.0223. The fourth-order valence-corrected chi connectivity index (χ4v) is 5.15. The molecule has 0 amide bonds. The number of hydrogen-bond donors (Lipinski definition) is 0. The number of rotatable bonds is 3. The molecular formula is C25H29ClFN5O4. The van der Waals surface area contributed by atoms with Gasteiger partial charge < -0.3 is 14.1 Å². The Morgan fingerprint density at radius 2 is 1.86 bits per heavy atom. The number of carbonyl (C=O) groups excluding carboxylic acids is 1. The van der Waals surface area contributed by atoms with Crippen molar-refractivity contribution >= 4 is 17.8 Å². The maximum absolute atomic E-state index is 14.4. The average Bonchev–Trinajstić information content (AvgIpc) is 3.31. The summed E-state index contributed by atoms with van der Waals surface area (Å²) in [4.78, 5) is 17.9. The van der Waals surface area contributed by atoms with Crippen molar-refractivity contribution in [1.29, 1.82) is 0 Å². The van der Waals surface area contributed by atoms with Crippen molar-refractivity contribution in [3.05, 3.63) is 57.7 Å². The zero-order valence-electron chi connectivity index (χ0n) is 20.8. The SMILES string of the molecule is Cc1onc(C2CCC(c3nnc4n3-c3ccc(Cl)cc3CN(OC(=O)OC(C)(C)C)C4)CC2)c1F. The molecule has 1 aromatic carbocycles. The van der Waals surface area contributed by atoms with Crippen molar-refractivity contribution < 1.29 is 23.3 Å². The minimum atomic E-state index is -0.784. The highest BCUT2D eigenvalue weighted by Gasteiger charge is 2.34. The van der Waals surface area contributed by atoms with Crippen molar-refractivity contribution in [2.45, 2.75) is 83.9 Å². The summed E-state index contributed by atoms with van der Waals surface area (Å²) in [6.07, 6.45) is 2.39. The van der Waals surface area contributed by atoms with Crippen LogP contribution in [0.4, 0.5) is 9.18 Å². The topological polar surface area (TPSA) is 95.5 Å². The van der Waals surface area contributed by atoms with Crippen LogP contribution in [0.2, 0.25) is 5.02 Å². The summed E-state index contributed by atoms with van der Waals surface area (Å²) < 4.78 is 26.8. The lowest BCUT2D eigenvalue weighted by atomic mass is 9.80. The van der Waals surface area contributed by atoms with Crippen LogP contribution >= 0.6 is 11.6 Å². The van der Waals surface area contributed by atoms with Crippen LogP contribution < -0.4 is 0 Å². The second kappa shape index (κ2) is 9.48. The summed E-state index contributed by atoms with van der Waals surface area (Å²) in [6, 6.07) is 5.61. The number of aryl methyl sites for hydroxylation is 1. The number of nitrogens with zero attached hydrogens (tertiary/aromatic N) is 5. The molecule has 0 spiro atoms. The van der Waals surface area contributed by atoms with E-state index in [-0.39, 0.29) is 30.0 Å². The molecule has 0 atom stereocenters. The lowest BCUT2D eigenvalue weighted by Gasteiger charge is -2.27. The molecule has 2 aromatic heterocycles. The van der Waals surface area contributed by atoms with Gasteiger partial charge in [0.15, 0.2) is 17.4 Å². The van der Waals surface area contributed by atoms with Crippen LogP contribution in [-0.4, -0.2) is 36.7 Å². The molecule has 9 nitrogen and oxygen atoms in total. The van der Waals surface area contributed by atoms with Gasteiger partial charge in [0, 0.05) is 16.9 Å². The largest absolute Gasteiger partial charge is 0.528 e. The number of carbonyl (C=O) groups is 1. The van der Waals surface area contributed by atoms with Crippen LogP contribution in [0.5, 0.6) is 0 Å². The van der Waals surface area contributed by atoms with Gasteiger partial charge >= 0.3 is 6.16 Å². The van der Waals surface area contributed by atoms with Gasteiger partial charge in [0.2, 0.25) is 0 Å². The average molecular weight is 518 g/mol. The van der Waals surface area contributed by atoms with Crippen LogP contribution in [-0.2, 0) is 22.7 Å². The zero-order valence-corrected chi connectivity index (χ0v) is 21.5. The number of fused-ring (bicyclic) bond motifs is 3. The summed E-state index contributed by atoms with van der Waals surface area (Å²) in [5, 5.41) is 15.0. The quantitative estimate of drug-likeness (QED) is 0.391. The van der Waals surface area contributed by atoms with Crippen LogP contribution in [0.15, 0.2) is 22.7 Å². The third-order valence-corrected chi connectivity index (χ3v) is 6.82. The molecule has 0 saturated heterocycles. The molecule has 11 heteroatoms. The maximum Gasteiger partial charge on any atom is 0.528 e. The highest BCUT2D eigenvalue weighted by Crippen LogP contribution is 2.42. The van der Waals surface area contributed by atoms with Crippen LogP contribution in [0.25, 0.3) is 5.69 Å². The monoisotopic (exact) mass is 517 g/mol. The molecule has 2 aliphatic rings. The summed E-state index contributed by atoms with van der Waals surface area (Å²) in [5.74, 6) is 1.53. The summed E-state index contributed by atoms with van der Waals surface area (Å²) in [5.41, 5.74) is 1.51. The molecule has 3 aromatic rings. The smallest absolute Gasteiger partial charge is 0.427 e. The van der Waals surface area contributed by atoms with E-state index in [1.165, 1.54) is 5.06 Å². The molecule has 1 aliphatic heterocycles. The molecule has 36 heavy (non-hydrogen) atoms. The molecule has 0 radical (unpaired) electrons. The summed E-state index contributed by atoms with van der Waals surface area (Å²) >= 11 is 6.31. The van der Waals surface area contributed by atoms with Crippen molar-refractivity contribution in [2.75, 3.05) is 0 Å². The van der Waals surface area contributed by atoms with E-state index >= 15 is 0 Å². The first kappa shape index (κ1) is 24.7. The number of benzene rings is 1. The van der Waals surface area contributed by atoms with Crippen LogP contribution in [0.1, 0.15) is 87.0 Å². The van der Waals surface area contributed by atoms with Gasteiger partial charge in [-0.1, -0.05) is 16.8 Å². The predicted octanol–water partition coefficient (Wildman–Crippen LogP) is 5.98. The van der Waals surface area contributed by atoms with Gasteiger partial charge in [-0.25, -0.2) is 9.18 Å². The van der Waals surface area contributed by atoms with Gasteiger partial charge in [0.1, 0.15) is 17.1 Å². The molecule has 1 fully saturated rings. The van der Waals surface area contributed by atoms with E-state index in [4.69, 9.17) is 25.7 Å². The molecule has 0 bridgehead atoms. The third kappa shape index (κ3) is 4.97. The van der Waals surface area contributed by atoms with E-state index < -0.39 is 11.8 Å². The summed E-state index contributed by atoms with van der Waals surface area (Å²) in [7, 11) is 0. The van der Waals surface area contributed by atoms with E-state index in [0.717, 1.165) is 42.8 Å². The Labute approximate surface area is 213 Å². The first-order valence-electron chi connectivity index (χ1n) is 12.1. The Morgan fingerprint density at radius 3 is 2.53 bits per heavy atom. The summed E-state index contributed by atoms with van der Waals surface area (Å²) in [6.45, 7) is 7.47. The Hall–Kier alpha value is -2.98. The van der Waals surface area contributed by atoms with Gasteiger partial charge in [-0.3, -0.25) is 4.57 Å². The Bertz CT molecular complexity index is 1280. The number of ether oxygens (including phenoxy) is 1. The fourth-order valence-electron chi connectivity index (χ4n) is 4.96. The van der Waals surface area contributed by atoms with Crippen molar-refractivity contribution in [3.8, 4) is 5.69 Å². The van der Waals surface area contributed by atoms with E-state index in [2.05, 4.69) is 15.4 Å². The van der Waals surface area contributed by atoms with Crippen molar-refractivity contribution in [3.63, 3.8) is 0 Å². The number of hydrogen-bond acceptors (Lipinski definition) is 8. The Kier molecular flexibility index (Phi) is 6.50. The lowest BCUT2D eigenvalue weighted by molar-refractivity contribution is -0.155. The standard InChI is InChI=1S/C25H29ClFN5O4/c1-14-21(27)22(30-35-14)15-5-7-16(8-6-15)23-29-28-20-13-31(36-24(33)34-25(2,3)4)12-17-11-18(26)9-10-19(17)32(20)23/h9-11,15-16H,5-8,12-13H2,1-4H3. The first-order chi connectivity index (χ1) is 17.1. The minimum Gasteiger partial charge on any atom is -0.427 e. The Balaban J connectivity index is 1.40. The van der Waals surface area contributed by atoms with Crippen LogP contribution in [0.3, 0.4) is 0 Å². The maximum atomic E-state index is 14.4. The second-order valence-electron chi connectivity index (χ2n) is 10.4. The van der Waals surface area contributed by atoms with E-state index in [9.17, 15) is 9.18 Å². The normalized spacial score (nSPS) is 20.4. The van der Waals surface area contributed by atoms with Gasteiger partial charge in [0.25, 0.3) is 0 Å². The molecule has 1 saturated carbocycles. The van der Waals surface area contributed by atoms with E-state index in [0.29, 0.717) is 23.1 Å². The predicted molar refractivity (Wildman–Crippen MR) is 128 cm³/mol. The first-order valence-corrected chi connectivity index (χ1v) is 12.5. The van der Waals surface area contributed by atoms with Crippen LogP contribution in [0, 0.1) is 12.7 Å². The van der Waals surface area contributed by atoms with E-state index in [1.54, 1.807) is 27.7 Å². The molecule has 1 aliphatic carbocycles. The Morgan fingerprint density at radius 1 is 1.14 bits per heavy atom. The molecule has 5 rings (SSSR count). The number of hydroxylamine groups is 2. The fraction of sp³-hybridized carbons (Fsp3) is 0.520. The van der Waals surface area contributed by atoms with Crippen molar-refractivity contribution in [1.82, 2.24) is 25.0 Å².